The van der Waals surface area contributed by atoms with E-state index in [0.717, 1.165) is 13.0 Å². The summed E-state index contributed by atoms with van der Waals surface area (Å²) in [6.07, 6.45) is 4.96. The van der Waals surface area contributed by atoms with Crippen molar-refractivity contribution in [1.29, 1.82) is 0 Å². The Labute approximate surface area is 127 Å². The van der Waals surface area contributed by atoms with Crippen molar-refractivity contribution in [2.75, 3.05) is 25.5 Å². The van der Waals surface area contributed by atoms with Gasteiger partial charge in [-0.3, -0.25) is 4.90 Å². The van der Waals surface area contributed by atoms with Gasteiger partial charge in [-0.2, -0.15) is 0 Å². The van der Waals surface area contributed by atoms with E-state index in [1.165, 1.54) is 44.3 Å². The van der Waals surface area contributed by atoms with Crippen molar-refractivity contribution in [3.05, 3.63) is 10.0 Å². The highest BCUT2D eigenvalue weighted by Gasteiger charge is 2.36. The number of esters is 1. The predicted molar refractivity (Wildman–Crippen MR) is 79.7 cm³/mol. The van der Waals surface area contributed by atoms with Crippen LogP contribution in [0.5, 0.6) is 0 Å². The number of hydrogen-bond acceptors (Lipinski definition) is 6. The Hall–Kier alpha value is -0.850. The molecule has 2 unspecified atom stereocenters. The monoisotopic (exact) mass is 315 g/mol. The van der Waals surface area contributed by atoms with Gasteiger partial charge >= 0.3 is 5.97 Å². The van der Waals surface area contributed by atoms with Crippen LogP contribution in [0.3, 0.4) is 0 Å². The van der Waals surface area contributed by atoms with Crippen molar-refractivity contribution < 1.29 is 9.53 Å². The average Bonchev–Trinajstić information content (AvgIpc) is 3.03. The van der Waals surface area contributed by atoms with E-state index < -0.39 is 5.97 Å². The van der Waals surface area contributed by atoms with Gasteiger partial charge in [-0.1, -0.05) is 29.4 Å². The predicted octanol–water partition coefficient (Wildman–Crippen LogP) is 2.62. The molecule has 0 aliphatic carbocycles. The molecule has 0 spiro atoms. The number of carbonyl (C=O) groups excluding carboxylic acids is 1. The molecule has 0 bridgehead atoms. The smallest absolute Gasteiger partial charge is 0.351 e. The van der Waals surface area contributed by atoms with Gasteiger partial charge in [0.25, 0.3) is 0 Å². The summed E-state index contributed by atoms with van der Waals surface area (Å²) in [6, 6.07) is 0.996. The summed E-state index contributed by atoms with van der Waals surface area (Å²) in [4.78, 5) is 18.7. The van der Waals surface area contributed by atoms with Crippen molar-refractivity contribution in [2.45, 2.75) is 37.8 Å². The SMILES string of the molecule is COC(=O)c1sc(NC2CCN3CCCCC23)nc1Cl. The molecule has 5 nitrogen and oxygen atoms in total. The normalized spacial score (nSPS) is 26.3. The van der Waals surface area contributed by atoms with E-state index in [2.05, 4.69) is 15.2 Å². The van der Waals surface area contributed by atoms with Crippen LogP contribution in [-0.4, -0.2) is 48.1 Å². The second-order valence-electron chi connectivity index (χ2n) is 5.27. The van der Waals surface area contributed by atoms with E-state index in [0.29, 0.717) is 22.1 Å². The van der Waals surface area contributed by atoms with Gasteiger partial charge in [0.05, 0.1) is 7.11 Å². The van der Waals surface area contributed by atoms with Crippen LogP contribution in [-0.2, 0) is 4.74 Å². The number of halogens is 1. The van der Waals surface area contributed by atoms with Gasteiger partial charge in [0.1, 0.15) is 0 Å². The largest absolute Gasteiger partial charge is 0.465 e. The number of methoxy groups -OCH3 is 1. The maximum absolute atomic E-state index is 11.5. The van der Waals surface area contributed by atoms with Gasteiger partial charge in [0, 0.05) is 18.6 Å². The van der Waals surface area contributed by atoms with E-state index in [9.17, 15) is 4.79 Å². The topological polar surface area (TPSA) is 54.5 Å². The summed E-state index contributed by atoms with van der Waals surface area (Å²) in [5.74, 6) is -0.425. The van der Waals surface area contributed by atoms with Crippen molar-refractivity contribution in [3.8, 4) is 0 Å². The van der Waals surface area contributed by atoms with Gasteiger partial charge in [0.2, 0.25) is 0 Å². The molecule has 0 radical (unpaired) electrons. The highest BCUT2D eigenvalue weighted by Crippen LogP contribution is 2.32. The molecule has 20 heavy (non-hydrogen) atoms. The minimum absolute atomic E-state index is 0.225. The summed E-state index contributed by atoms with van der Waals surface area (Å²) in [7, 11) is 1.35. The number of thiazole rings is 1. The molecule has 110 valence electrons. The minimum atomic E-state index is -0.425. The first-order chi connectivity index (χ1) is 9.69. The Morgan fingerprint density at radius 3 is 3.10 bits per heavy atom. The summed E-state index contributed by atoms with van der Waals surface area (Å²) >= 11 is 7.26. The first-order valence-corrected chi connectivity index (χ1v) is 8.13. The zero-order valence-corrected chi connectivity index (χ0v) is 13.0. The van der Waals surface area contributed by atoms with Gasteiger partial charge < -0.3 is 10.1 Å². The molecule has 0 amide bonds. The molecule has 1 aromatic heterocycles. The van der Waals surface area contributed by atoms with Crippen LogP contribution >= 0.6 is 22.9 Å². The molecule has 1 aromatic rings. The standard InChI is InChI=1S/C13H18ClN3O2S/c1-19-12(18)10-11(14)16-13(20-10)15-8-5-7-17-6-3-2-4-9(8)17/h8-9H,2-7H2,1H3,(H,15,16). The number of rotatable bonds is 3. The molecule has 2 fully saturated rings. The van der Waals surface area contributed by atoms with Gasteiger partial charge in [-0.25, -0.2) is 9.78 Å². The fourth-order valence-electron chi connectivity index (χ4n) is 3.16. The zero-order valence-electron chi connectivity index (χ0n) is 11.4. The van der Waals surface area contributed by atoms with Gasteiger partial charge in [-0.15, -0.1) is 0 Å². The van der Waals surface area contributed by atoms with E-state index >= 15 is 0 Å². The van der Waals surface area contributed by atoms with Crippen LogP contribution in [0.2, 0.25) is 5.15 Å². The first kappa shape index (κ1) is 14.1. The fourth-order valence-corrected chi connectivity index (χ4v) is 4.32. The Kier molecular flexibility index (Phi) is 4.14. The van der Waals surface area contributed by atoms with Crippen molar-refractivity contribution in [3.63, 3.8) is 0 Å². The van der Waals surface area contributed by atoms with Crippen LogP contribution in [0, 0.1) is 0 Å². The van der Waals surface area contributed by atoms with E-state index in [1.807, 2.05) is 0 Å². The third kappa shape index (κ3) is 2.64. The number of ether oxygens (including phenoxy) is 1. The van der Waals surface area contributed by atoms with Crippen LogP contribution < -0.4 is 5.32 Å². The van der Waals surface area contributed by atoms with Gasteiger partial charge in [0.15, 0.2) is 15.2 Å². The quantitative estimate of drug-likeness (QED) is 0.869. The molecule has 1 N–H and O–H groups in total. The van der Waals surface area contributed by atoms with Crippen molar-refractivity contribution >= 4 is 34.0 Å². The fraction of sp³-hybridized carbons (Fsp3) is 0.692. The molecule has 2 aliphatic heterocycles. The number of nitrogens with zero attached hydrogens (tertiary/aromatic N) is 2. The molecule has 3 rings (SSSR count). The molecule has 3 heterocycles. The van der Waals surface area contributed by atoms with Crippen LogP contribution in [0.15, 0.2) is 0 Å². The maximum atomic E-state index is 11.5. The summed E-state index contributed by atoms with van der Waals surface area (Å²) in [6.45, 7) is 2.35. The lowest BCUT2D eigenvalue weighted by Gasteiger charge is -2.32. The molecule has 2 aliphatic rings. The molecular formula is C13H18ClN3O2S. The number of aromatic nitrogens is 1. The Morgan fingerprint density at radius 2 is 2.30 bits per heavy atom. The number of carbonyl (C=O) groups is 1. The average molecular weight is 316 g/mol. The second-order valence-corrected chi connectivity index (χ2v) is 6.63. The van der Waals surface area contributed by atoms with Gasteiger partial charge in [-0.05, 0) is 25.8 Å². The first-order valence-electron chi connectivity index (χ1n) is 6.94. The molecular weight excluding hydrogens is 298 g/mol. The number of fused-ring (bicyclic) bond motifs is 1. The number of nitrogens with one attached hydrogen (secondary N) is 1. The minimum Gasteiger partial charge on any atom is -0.465 e. The molecule has 7 heteroatoms. The summed E-state index contributed by atoms with van der Waals surface area (Å²) < 4.78 is 4.70. The molecule has 0 saturated carbocycles. The number of hydrogen-bond donors (Lipinski definition) is 1. The van der Waals surface area contributed by atoms with Crippen molar-refractivity contribution in [1.82, 2.24) is 9.88 Å². The number of piperidine rings is 1. The number of anilines is 1. The second kappa shape index (κ2) is 5.87. The van der Waals surface area contributed by atoms with Crippen LogP contribution in [0.1, 0.15) is 35.4 Å². The van der Waals surface area contributed by atoms with E-state index in [1.54, 1.807) is 0 Å². The van der Waals surface area contributed by atoms with E-state index in [-0.39, 0.29) is 5.15 Å². The third-order valence-corrected chi connectivity index (χ3v) is 5.47. The van der Waals surface area contributed by atoms with Crippen LogP contribution in [0.4, 0.5) is 5.13 Å². The Morgan fingerprint density at radius 1 is 1.45 bits per heavy atom. The molecule has 2 atom stereocenters. The maximum Gasteiger partial charge on any atom is 0.351 e. The summed E-state index contributed by atoms with van der Waals surface area (Å²) in [5, 5.41) is 4.39. The lowest BCUT2D eigenvalue weighted by Crippen LogP contribution is -2.41. The lowest BCUT2D eigenvalue weighted by atomic mass is 9.99. The highest BCUT2D eigenvalue weighted by atomic mass is 35.5. The molecule has 0 aromatic carbocycles. The van der Waals surface area contributed by atoms with E-state index in [4.69, 9.17) is 16.3 Å². The summed E-state index contributed by atoms with van der Waals surface area (Å²) in [5.41, 5.74) is 0. The third-order valence-electron chi connectivity index (χ3n) is 4.12. The zero-order chi connectivity index (χ0) is 14.1. The Balaban J connectivity index is 1.70. The molecule has 2 saturated heterocycles. The van der Waals surface area contributed by atoms with Crippen LogP contribution in [0.25, 0.3) is 0 Å². The Bertz CT molecular complexity index is 508. The van der Waals surface area contributed by atoms with Crippen molar-refractivity contribution in [2.24, 2.45) is 0 Å². The lowest BCUT2D eigenvalue weighted by molar-refractivity contribution is 0.0606. The highest BCUT2D eigenvalue weighted by molar-refractivity contribution is 7.18.